The summed E-state index contributed by atoms with van der Waals surface area (Å²) in [5.41, 5.74) is -0.871. The molecule has 11 nitrogen and oxygen atoms in total. The fraction of sp³-hybridized carbons (Fsp3) is 0.250. The highest BCUT2D eigenvalue weighted by Gasteiger charge is 2.44. The van der Waals surface area contributed by atoms with Crippen LogP contribution in [0, 0.1) is 10.1 Å². The van der Waals surface area contributed by atoms with Gasteiger partial charge in [0.25, 0.3) is 17.5 Å². The molecule has 2 aromatic carbocycles. The van der Waals surface area contributed by atoms with Gasteiger partial charge in [-0.15, -0.1) is 0 Å². The van der Waals surface area contributed by atoms with Crippen LogP contribution in [0.3, 0.4) is 0 Å². The van der Waals surface area contributed by atoms with Crippen LogP contribution in [-0.2, 0) is 14.8 Å². The van der Waals surface area contributed by atoms with Crippen molar-refractivity contribution in [2.75, 3.05) is 5.32 Å². The summed E-state index contributed by atoms with van der Waals surface area (Å²) in [7, 11) is -3.74. The molecule has 166 valence electrons. The molecule has 4 rings (SSSR count). The van der Waals surface area contributed by atoms with Gasteiger partial charge in [-0.3, -0.25) is 29.4 Å². The maximum absolute atomic E-state index is 12.8. The molecule has 2 N–H and O–H groups in total. The van der Waals surface area contributed by atoms with Crippen molar-refractivity contribution in [1.82, 2.24) is 9.62 Å². The molecule has 2 aliphatic rings. The van der Waals surface area contributed by atoms with Crippen molar-refractivity contribution in [2.24, 2.45) is 0 Å². The number of imide groups is 1. The number of nitro groups is 1. The zero-order chi connectivity index (χ0) is 23.2. The number of benzene rings is 2. The molecule has 0 saturated heterocycles. The summed E-state index contributed by atoms with van der Waals surface area (Å²) in [5.74, 6) is -2.52. The summed E-state index contributed by atoms with van der Waals surface area (Å²) >= 11 is 0. The van der Waals surface area contributed by atoms with Gasteiger partial charge < -0.3 is 5.32 Å². The number of amides is 3. The highest BCUT2D eigenvalue weighted by molar-refractivity contribution is 7.89. The third kappa shape index (κ3) is 3.85. The van der Waals surface area contributed by atoms with Crippen molar-refractivity contribution < 1.29 is 27.7 Å². The Balaban J connectivity index is 1.54. The molecule has 12 heteroatoms. The maximum Gasteiger partial charge on any atom is 0.282 e. The maximum atomic E-state index is 12.8. The number of nitrogens with one attached hydrogen (secondary N) is 2. The van der Waals surface area contributed by atoms with E-state index in [0.717, 1.165) is 18.9 Å². The molecule has 1 saturated carbocycles. The SMILES string of the molecule is C[C@@H](C(=O)Nc1cccc(S(=O)(=O)NC2CC2)c1)N1C(=O)c2cccc([N+](=O)[O-])c2C1=O. The van der Waals surface area contributed by atoms with Crippen molar-refractivity contribution in [3.8, 4) is 0 Å². The number of fused-ring (bicyclic) bond motifs is 1. The van der Waals surface area contributed by atoms with Crippen LogP contribution < -0.4 is 10.0 Å². The van der Waals surface area contributed by atoms with Gasteiger partial charge in [0, 0.05) is 17.8 Å². The van der Waals surface area contributed by atoms with E-state index in [1.54, 1.807) is 0 Å². The third-order valence-corrected chi connectivity index (χ3v) is 6.72. The van der Waals surface area contributed by atoms with Gasteiger partial charge in [-0.25, -0.2) is 13.1 Å². The van der Waals surface area contributed by atoms with Gasteiger partial charge in [0.15, 0.2) is 0 Å². The van der Waals surface area contributed by atoms with Gasteiger partial charge in [0.05, 0.1) is 15.4 Å². The number of carbonyl (C=O) groups excluding carboxylic acids is 3. The molecule has 0 bridgehead atoms. The van der Waals surface area contributed by atoms with E-state index < -0.39 is 44.4 Å². The summed E-state index contributed by atoms with van der Waals surface area (Å²) in [4.78, 5) is 49.3. The lowest BCUT2D eigenvalue weighted by molar-refractivity contribution is -0.385. The number of carbonyl (C=O) groups is 3. The zero-order valence-electron chi connectivity index (χ0n) is 16.8. The molecule has 0 aromatic heterocycles. The molecule has 0 radical (unpaired) electrons. The summed E-state index contributed by atoms with van der Waals surface area (Å²) in [6.45, 7) is 1.30. The predicted molar refractivity (Wildman–Crippen MR) is 111 cm³/mol. The van der Waals surface area contributed by atoms with Gasteiger partial charge in [-0.2, -0.15) is 0 Å². The zero-order valence-corrected chi connectivity index (χ0v) is 17.6. The first-order valence-electron chi connectivity index (χ1n) is 9.68. The van der Waals surface area contributed by atoms with E-state index >= 15 is 0 Å². The molecule has 1 heterocycles. The lowest BCUT2D eigenvalue weighted by Gasteiger charge is -2.21. The van der Waals surface area contributed by atoms with Crippen molar-refractivity contribution in [3.05, 3.63) is 63.7 Å². The lowest BCUT2D eigenvalue weighted by atomic mass is 10.1. The number of rotatable bonds is 7. The topological polar surface area (TPSA) is 156 Å². The molecule has 32 heavy (non-hydrogen) atoms. The Labute approximate surface area is 182 Å². The van der Waals surface area contributed by atoms with E-state index in [-0.39, 0.29) is 27.8 Å². The standard InChI is InChI=1S/C20H18N4O7S/c1-11(23-19(26)15-6-3-7-16(24(28)29)17(15)20(23)27)18(25)21-13-4-2-5-14(10-13)32(30,31)22-12-8-9-12/h2-7,10-12,22H,8-9H2,1H3,(H,21,25)/t11-/m0/s1. The van der Waals surface area contributed by atoms with Gasteiger partial charge in [0.2, 0.25) is 15.9 Å². The Morgan fingerprint density at radius 2 is 1.84 bits per heavy atom. The second kappa shape index (κ2) is 7.80. The van der Waals surface area contributed by atoms with Crippen LogP contribution in [-0.4, -0.2) is 48.0 Å². The first-order valence-corrected chi connectivity index (χ1v) is 11.2. The number of anilines is 1. The van der Waals surface area contributed by atoms with Crippen LogP contribution in [0.25, 0.3) is 0 Å². The van der Waals surface area contributed by atoms with Gasteiger partial charge >= 0.3 is 0 Å². The van der Waals surface area contributed by atoms with Crippen molar-refractivity contribution in [2.45, 2.75) is 36.7 Å². The van der Waals surface area contributed by atoms with E-state index in [1.807, 2.05) is 0 Å². The average molecular weight is 458 g/mol. The molecule has 1 aliphatic heterocycles. The smallest absolute Gasteiger partial charge is 0.282 e. The Bertz CT molecular complexity index is 1270. The molecule has 2 aromatic rings. The largest absolute Gasteiger partial charge is 0.324 e. The second-order valence-electron chi connectivity index (χ2n) is 7.53. The molecular weight excluding hydrogens is 440 g/mol. The molecule has 1 fully saturated rings. The lowest BCUT2D eigenvalue weighted by Crippen LogP contribution is -2.45. The summed E-state index contributed by atoms with van der Waals surface area (Å²) in [6.07, 6.45) is 1.54. The van der Waals surface area contributed by atoms with Crippen molar-refractivity contribution in [1.29, 1.82) is 0 Å². The number of hydrogen-bond acceptors (Lipinski definition) is 7. The molecule has 0 spiro atoms. The van der Waals surface area contributed by atoms with E-state index in [0.29, 0.717) is 4.90 Å². The highest BCUT2D eigenvalue weighted by atomic mass is 32.2. The summed E-state index contributed by atoms with van der Waals surface area (Å²) in [5, 5.41) is 13.7. The third-order valence-electron chi connectivity index (χ3n) is 5.20. The first-order chi connectivity index (χ1) is 15.1. The van der Waals surface area contributed by atoms with Gasteiger partial charge in [0.1, 0.15) is 11.6 Å². The van der Waals surface area contributed by atoms with Crippen molar-refractivity contribution >= 4 is 39.1 Å². The quantitative estimate of drug-likeness (QED) is 0.363. The number of nitrogens with zero attached hydrogens (tertiary/aromatic N) is 2. The van der Waals surface area contributed by atoms with Crippen LogP contribution in [0.15, 0.2) is 47.4 Å². The summed E-state index contributed by atoms with van der Waals surface area (Å²) in [6, 6.07) is 7.87. The van der Waals surface area contributed by atoms with E-state index in [4.69, 9.17) is 0 Å². The first kappa shape index (κ1) is 21.6. The normalized spacial score (nSPS) is 16.6. The van der Waals surface area contributed by atoms with Crippen molar-refractivity contribution in [3.63, 3.8) is 0 Å². The van der Waals surface area contributed by atoms with Crippen LogP contribution in [0.4, 0.5) is 11.4 Å². The number of sulfonamides is 1. The van der Waals surface area contributed by atoms with Crippen LogP contribution >= 0.6 is 0 Å². The minimum absolute atomic E-state index is 0.0359. The van der Waals surface area contributed by atoms with E-state index in [9.17, 15) is 32.9 Å². The summed E-state index contributed by atoms with van der Waals surface area (Å²) < 4.78 is 27.3. The Kier molecular flexibility index (Phi) is 5.26. The van der Waals surface area contributed by atoms with Crippen LogP contribution in [0.1, 0.15) is 40.5 Å². The minimum atomic E-state index is -3.74. The fourth-order valence-electron chi connectivity index (χ4n) is 3.38. The monoisotopic (exact) mass is 458 g/mol. The van der Waals surface area contributed by atoms with E-state index in [2.05, 4.69) is 10.0 Å². The number of nitro benzene ring substituents is 1. The molecule has 0 unspecified atom stereocenters. The fourth-order valence-corrected chi connectivity index (χ4v) is 4.73. The Hall–Kier alpha value is -3.64. The Morgan fingerprint density at radius 3 is 2.50 bits per heavy atom. The second-order valence-corrected chi connectivity index (χ2v) is 9.24. The molecule has 1 atom stereocenters. The average Bonchev–Trinajstić information content (AvgIpc) is 3.51. The van der Waals surface area contributed by atoms with E-state index in [1.165, 1.54) is 43.3 Å². The molecule has 3 amide bonds. The van der Waals surface area contributed by atoms with Crippen LogP contribution in [0.2, 0.25) is 0 Å². The molecular formula is C20H18N4O7S. The highest BCUT2D eigenvalue weighted by Crippen LogP contribution is 2.32. The van der Waals surface area contributed by atoms with Gasteiger partial charge in [-0.1, -0.05) is 12.1 Å². The number of hydrogen-bond donors (Lipinski definition) is 2. The van der Waals surface area contributed by atoms with Crippen LogP contribution in [0.5, 0.6) is 0 Å². The molecule has 1 aliphatic carbocycles. The Morgan fingerprint density at radius 1 is 1.16 bits per heavy atom. The minimum Gasteiger partial charge on any atom is -0.324 e. The van der Waals surface area contributed by atoms with Gasteiger partial charge in [-0.05, 0) is 44.0 Å². The predicted octanol–water partition coefficient (Wildman–Crippen LogP) is 1.66.